The van der Waals surface area contributed by atoms with E-state index in [4.69, 9.17) is 5.11 Å². The quantitative estimate of drug-likeness (QED) is 0.595. The summed E-state index contributed by atoms with van der Waals surface area (Å²) >= 11 is 1.96. The molecule has 54 valence electrons. The van der Waals surface area contributed by atoms with E-state index in [9.17, 15) is 4.79 Å². The molecule has 0 aliphatic carbocycles. The summed E-state index contributed by atoms with van der Waals surface area (Å²) in [6.45, 7) is 3.43. The summed E-state index contributed by atoms with van der Waals surface area (Å²) in [7, 11) is 0. The Morgan fingerprint density at radius 3 is 2.33 bits per heavy atom. The largest absolute Gasteiger partial charge is 0.392 e. The topological polar surface area (TPSA) is 37.3 Å². The van der Waals surface area contributed by atoms with Gasteiger partial charge in [0.2, 0.25) is 0 Å². The Kier molecular flexibility index (Phi) is 4.39. The number of ketones is 1. The van der Waals surface area contributed by atoms with Crippen molar-refractivity contribution in [1.29, 1.82) is 0 Å². The van der Waals surface area contributed by atoms with Gasteiger partial charge in [0.1, 0.15) is 5.78 Å². The number of carbonyl (C=O) groups is 1. The standard InChI is InChI=1S/C6H11IO2/c1-3-5(9)6(7)4(2)8/h4,6,8H,3H2,1-2H3/t4-,6-/m1/s1. The van der Waals surface area contributed by atoms with E-state index in [0.717, 1.165) is 0 Å². The SMILES string of the molecule is CCC(=O)[C@H](I)[C@@H](C)O. The molecule has 0 fully saturated rings. The molecular weight excluding hydrogens is 231 g/mol. The summed E-state index contributed by atoms with van der Waals surface area (Å²) in [6.07, 6.45) is -0.00329. The molecule has 0 spiro atoms. The molecule has 9 heavy (non-hydrogen) atoms. The van der Waals surface area contributed by atoms with Crippen LogP contribution in [0.3, 0.4) is 0 Å². The predicted molar refractivity (Wildman–Crippen MR) is 44.8 cm³/mol. The van der Waals surface area contributed by atoms with E-state index in [0.29, 0.717) is 6.42 Å². The Morgan fingerprint density at radius 2 is 2.22 bits per heavy atom. The minimum absolute atomic E-state index is 0.116. The number of halogens is 1. The lowest BCUT2D eigenvalue weighted by Gasteiger charge is -2.08. The van der Waals surface area contributed by atoms with E-state index in [1.165, 1.54) is 0 Å². The molecule has 0 aromatic rings. The molecule has 2 nitrogen and oxygen atoms in total. The Morgan fingerprint density at radius 1 is 1.78 bits per heavy atom. The third-order valence-corrected chi connectivity index (χ3v) is 2.82. The zero-order chi connectivity index (χ0) is 7.44. The van der Waals surface area contributed by atoms with Crippen LogP contribution in [0, 0.1) is 0 Å². The summed E-state index contributed by atoms with van der Waals surface area (Å²) in [6, 6.07) is 0. The zero-order valence-corrected chi connectivity index (χ0v) is 7.75. The van der Waals surface area contributed by atoms with Crippen LogP contribution in [0.2, 0.25) is 0 Å². The molecule has 0 amide bonds. The van der Waals surface area contributed by atoms with E-state index in [-0.39, 0.29) is 9.71 Å². The maximum Gasteiger partial charge on any atom is 0.148 e. The van der Waals surface area contributed by atoms with Crippen molar-refractivity contribution in [2.24, 2.45) is 0 Å². The van der Waals surface area contributed by atoms with Gasteiger partial charge in [-0.3, -0.25) is 4.79 Å². The van der Waals surface area contributed by atoms with Gasteiger partial charge in [0.15, 0.2) is 0 Å². The Labute approximate surface area is 68.8 Å². The molecule has 0 saturated carbocycles. The van der Waals surface area contributed by atoms with Crippen molar-refractivity contribution in [3.05, 3.63) is 0 Å². The van der Waals surface area contributed by atoms with Crippen LogP contribution in [-0.2, 0) is 4.79 Å². The monoisotopic (exact) mass is 242 g/mol. The molecule has 0 rings (SSSR count). The highest BCUT2D eigenvalue weighted by Crippen LogP contribution is 2.08. The maximum absolute atomic E-state index is 10.8. The second-order valence-corrected chi connectivity index (χ2v) is 3.30. The lowest BCUT2D eigenvalue weighted by atomic mass is 10.2. The molecule has 0 aromatic carbocycles. The van der Waals surface area contributed by atoms with E-state index >= 15 is 0 Å². The molecule has 0 radical (unpaired) electrons. The average molecular weight is 242 g/mol. The van der Waals surface area contributed by atoms with Crippen LogP contribution >= 0.6 is 22.6 Å². The van der Waals surface area contributed by atoms with Crippen LogP contribution in [0.25, 0.3) is 0 Å². The summed E-state index contributed by atoms with van der Waals surface area (Å²) in [5.41, 5.74) is 0. The van der Waals surface area contributed by atoms with Crippen LogP contribution in [0.4, 0.5) is 0 Å². The number of alkyl halides is 1. The van der Waals surface area contributed by atoms with E-state index in [2.05, 4.69) is 0 Å². The molecule has 0 bridgehead atoms. The number of aliphatic hydroxyl groups is 1. The van der Waals surface area contributed by atoms with Crippen LogP contribution in [0.15, 0.2) is 0 Å². The van der Waals surface area contributed by atoms with Gasteiger partial charge in [0, 0.05) is 6.42 Å². The number of aliphatic hydroxyl groups excluding tert-OH is 1. The normalized spacial score (nSPS) is 16.9. The van der Waals surface area contributed by atoms with Crippen molar-refractivity contribution in [3.8, 4) is 0 Å². The summed E-state index contributed by atoms with van der Waals surface area (Å²) in [5.74, 6) is 0.116. The summed E-state index contributed by atoms with van der Waals surface area (Å²) in [5, 5.41) is 8.89. The molecule has 0 aliphatic heterocycles. The third-order valence-electron chi connectivity index (χ3n) is 1.08. The van der Waals surface area contributed by atoms with E-state index in [1.54, 1.807) is 13.8 Å². The van der Waals surface area contributed by atoms with Crippen molar-refractivity contribution in [1.82, 2.24) is 0 Å². The van der Waals surface area contributed by atoms with Gasteiger partial charge in [-0.05, 0) is 6.92 Å². The molecule has 1 N–H and O–H groups in total. The highest BCUT2D eigenvalue weighted by Gasteiger charge is 2.17. The first kappa shape index (κ1) is 9.36. The minimum atomic E-state index is -0.516. The number of Topliss-reactive ketones (excluding diaryl/α,β-unsaturated/α-hetero) is 1. The maximum atomic E-state index is 10.8. The first-order chi connectivity index (χ1) is 4.09. The van der Waals surface area contributed by atoms with Crippen molar-refractivity contribution in [3.63, 3.8) is 0 Å². The summed E-state index contributed by atoms with van der Waals surface area (Å²) < 4.78 is -0.229. The van der Waals surface area contributed by atoms with Crippen LogP contribution < -0.4 is 0 Å². The van der Waals surface area contributed by atoms with Crippen molar-refractivity contribution in [2.75, 3.05) is 0 Å². The minimum Gasteiger partial charge on any atom is -0.392 e. The van der Waals surface area contributed by atoms with Gasteiger partial charge in [-0.25, -0.2) is 0 Å². The molecule has 0 saturated heterocycles. The summed E-state index contributed by atoms with van der Waals surface area (Å²) in [4.78, 5) is 10.8. The second-order valence-electron chi connectivity index (χ2n) is 1.96. The first-order valence-corrected chi connectivity index (χ1v) is 4.19. The highest BCUT2D eigenvalue weighted by atomic mass is 127. The molecular formula is C6H11IO2. The Bertz CT molecular complexity index is 101. The number of hydrogen-bond donors (Lipinski definition) is 1. The predicted octanol–water partition coefficient (Wildman–Crippen LogP) is 1.15. The van der Waals surface area contributed by atoms with Crippen molar-refractivity contribution in [2.45, 2.75) is 30.3 Å². The van der Waals surface area contributed by atoms with E-state index < -0.39 is 6.10 Å². The fourth-order valence-corrected chi connectivity index (χ4v) is 0.904. The fraction of sp³-hybridized carbons (Fsp3) is 0.833. The van der Waals surface area contributed by atoms with Gasteiger partial charge < -0.3 is 5.11 Å². The smallest absolute Gasteiger partial charge is 0.148 e. The average Bonchev–Trinajstić information content (AvgIpc) is 1.84. The van der Waals surface area contributed by atoms with Crippen LogP contribution in [0.5, 0.6) is 0 Å². The zero-order valence-electron chi connectivity index (χ0n) is 5.60. The van der Waals surface area contributed by atoms with Gasteiger partial charge in [0.25, 0.3) is 0 Å². The first-order valence-electron chi connectivity index (χ1n) is 2.94. The Balaban J connectivity index is 3.72. The van der Waals surface area contributed by atoms with Crippen molar-refractivity contribution < 1.29 is 9.90 Å². The van der Waals surface area contributed by atoms with Gasteiger partial charge in [0.05, 0.1) is 10.0 Å². The molecule has 3 heteroatoms. The molecule has 2 atom stereocenters. The molecule has 0 aromatic heterocycles. The van der Waals surface area contributed by atoms with Gasteiger partial charge in [-0.1, -0.05) is 29.5 Å². The second kappa shape index (κ2) is 4.22. The number of hydrogen-bond acceptors (Lipinski definition) is 2. The fourth-order valence-electron chi connectivity index (χ4n) is 0.464. The highest BCUT2D eigenvalue weighted by molar-refractivity contribution is 14.1. The van der Waals surface area contributed by atoms with Crippen LogP contribution in [-0.4, -0.2) is 20.9 Å². The van der Waals surface area contributed by atoms with Crippen LogP contribution in [0.1, 0.15) is 20.3 Å². The lowest BCUT2D eigenvalue weighted by molar-refractivity contribution is -0.119. The number of rotatable bonds is 3. The van der Waals surface area contributed by atoms with Gasteiger partial charge in [-0.2, -0.15) is 0 Å². The van der Waals surface area contributed by atoms with Crippen molar-refractivity contribution >= 4 is 28.4 Å². The van der Waals surface area contributed by atoms with Gasteiger partial charge >= 0.3 is 0 Å². The number of carbonyl (C=O) groups excluding carboxylic acids is 1. The molecule has 0 heterocycles. The molecule has 0 unspecified atom stereocenters. The van der Waals surface area contributed by atoms with Gasteiger partial charge in [-0.15, -0.1) is 0 Å². The molecule has 0 aliphatic rings. The lowest BCUT2D eigenvalue weighted by Crippen LogP contribution is -2.24. The third kappa shape index (κ3) is 3.15. The Hall–Kier alpha value is 0.360. The van der Waals surface area contributed by atoms with E-state index in [1.807, 2.05) is 22.6 Å².